The highest BCUT2D eigenvalue weighted by Crippen LogP contribution is 2.34. The molecule has 0 bridgehead atoms. The Labute approximate surface area is 192 Å². The molecule has 170 valence electrons. The second-order valence-corrected chi connectivity index (χ2v) is 8.24. The third-order valence-electron chi connectivity index (χ3n) is 5.73. The van der Waals surface area contributed by atoms with E-state index in [1.54, 1.807) is 13.3 Å². The van der Waals surface area contributed by atoms with Gasteiger partial charge in [0, 0.05) is 43.4 Å². The number of pyridine rings is 2. The fraction of sp³-hybridized carbons (Fsp3) is 0.320. The first-order valence-electron chi connectivity index (χ1n) is 11.0. The van der Waals surface area contributed by atoms with Gasteiger partial charge >= 0.3 is 0 Å². The van der Waals surface area contributed by atoms with Crippen LogP contribution in [0.1, 0.15) is 24.0 Å². The van der Waals surface area contributed by atoms with E-state index in [1.165, 1.54) is 0 Å². The van der Waals surface area contributed by atoms with E-state index in [2.05, 4.69) is 20.6 Å². The average Bonchev–Trinajstić information content (AvgIpc) is 3.68. The van der Waals surface area contributed by atoms with Crippen LogP contribution in [0.25, 0.3) is 22.9 Å². The number of hydrogen-bond acceptors (Lipinski definition) is 7. The average molecular weight is 447 g/mol. The summed E-state index contributed by atoms with van der Waals surface area (Å²) in [5.74, 6) is 2.87. The lowest BCUT2D eigenvalue weighted by atomic mass is 10.1. The molecule has 0 unspecified atom stereocenters. The van der Waals surface area contributed by atoms with Gasteiger partial charge in [-0.3, -0.25) is 4.79 Å². The number of nitrogens with one attached hydrogen (secondary N) is 2. The lowest BCUT2D eigenvalue weighted by molar-refractivity contribution is -0.117. The highest BCUT2D eigenvalue weighted by atomic mass is 16.6. The van der Waals surface area contributed by atoms with Crippen LogP contribution in [-0.4, -0.2) is 49.4 Å². The van der Waals surface area contributed by atoms with Crippen molar-refractivity contribution in [3.05, 3.63) is 47.8 Å². The molecule has 1 fully saturated rings. The Bertz CT molecular complexity index is 1220. The molecule has 3 heterocycles. The van der Waals surface area contributed by atoms with Gasteiger partial charge in [0.1, 0.15) is 18.2 Å². The molecule has 0 radical (unpaired) electrons. The molecule has 1 aromatic carbocycles. The Morgan fingerprint density at radius 2 is 2.03 bits per heavy atom. The standard InChI is InChI=1S/C25H26N4O4/c1-26-24-20-12-27-23(29-25(30)16-6-7-16)10-19(20)17(11-28-24)5-3-15-4-8-21-22(9-15)32-14-18(33-21)13-31-2/h3-5,8-12,16,18H,6-7,13-14H2,1-2H3,(H,26,28)(H,27,29,30)/b5-3+/t18-/m1/s1. The predicted molar refractivity (Wildman–Crippen MR) is 128 cm³/mol. The van der Waals surface area contributed by atoms with Gasteiger partial charge in [0.15, 0.2) is 17.6 Å². The van der Waals surface area contributed by atoms with E-state index in [0.29, 0.717) is 30.5 Å². The second kappa shape index (κ2) is 9.07. The molecule has 3 aromatic rings. The number of amides is 1. The number of hydrogen-bond donors (Lipinski definition) is 2. The lowest BCUT2D eigenvalue weighted by Crippen LogP contribution is -2.32. The minimum atomic E-state index is -0.102. The van der Waals surface area contributed by atoms with Gasteiger partial charge in [0.25, 0.3) is 0 Å². The first kappa shape index (κ1) is 21.2. The zero-order chi connectivity index (χ0) is 22.8. The number of rotatable bonds is 7. The summed E-state index contributed by atoms with van der Waals surface area (Å²) in [4.78, 5) is 21.1. The molecule has 1 atom stereocenters. The molecule has 5 rings (SSSR count). The fourth-order valence-electron chi connectivity index (χ4n) is 3.82. The number of ether oxygens (including phenoxy) is 3. The predicted octanol–water partition coefficient (Wildman–Crippen LogP) is 3.98. The maximum Gasteiger partial charge on any atom is 0.228 e. The van der Waals surface area contributed by atoms with E-state index in [4.69, 9.17) is 14.2 Å². The molecule has 0 saturated heterocycles. The van der Waals surface area contributed by atoms with Crippen molar-refractivity contribution in [3.8, 4) is 11.5 Å². The van der Waals surface area contributed by atoms with Crippen molar-refractivity contribution in [1.29, 1.82) is 0 Å². The van der Waals surface area contributed by atoms with Crippen LogP contribution in [-0.2, 0) is 9.53 Å². The summed E-state index contributed by atoms with van der Waals surface area (Å²) in [6.45, 7) is 0.943. The van der Waals surface area contributed by atoms with Crippen LogP contribution in [0, 0.1) is 5.92 Å². The van der Waals surface area contributed by atoms with E-state index in [-0.39, 0.29) is 17.9 Å². The number of carbonyl (C=O) groups excluding carboxylic acids is 1. The Morgan fingerprint density at radius 3 is 2.82 bits per heavy atom. The molecule has 1 aliphatic heterocycles. The Kier molecular flexibility index (Phi) is 5.83. The summed E-state index contributed by atoms with van der Waals surface area (Å²) in [6.07, 6.45) is 9.35. The summed E-state index contributed by atoms with van der Waals surface area (Å²) in [5.41, 5.74) is 1.90. The van der Waals surface area contributed by atoms with E-state index >= 15 is 0 Å². The minimum absolute atomic E-state index is 0.0332. The van der Waals surface area contributed by atoms with Crippen molar-refractivity contribution >= 4 is 40.5 Å². The van der Waals surface area contributed by atoms with Crippen LogP contribution in [0.2, 0.25) is 0 Å². The van der Waals surface area contributed by atoms with Crippen molar-refractivity contribution in [1.82, 2.24) is 9.97 Å². The van der Waals surface area contributed by atoms with Gasteiger partial charge in [0.2, 0.25) is 5.91 Å². The third kappa shape index (κ3) is 4.61. The maximum absolute atomic E-state index is 12.2. The van der Waals surface area contributed by atoms with Crippen LogP contribution in [0.3, 0.4) is 0 Å². The lowest BCUT2D eigenvalue weighted by Gasteiger charge is -2.26. The van der Waals surface area contributed by atoms with Crippen molar-refractivity contribution in [2.75, 3.05) is 38.0 Å². The Balaban J connectivity index is 1.42. The third-order valence-corrected chi connectivity index (χ3v) is 5.73. The smallest absolute Gasteiger partial charge is 0.228 e. The molecular formula is C25H26N4O4. The molecule has 2 aliphatic rings. The molecule has 33 heavy (non-hydrogen) atoms. The minimum Gasteiger partial charge on any atom is -0.486 e. The SMILES string of the molecule is CNc1ncc(/C=C/c2ccc3c(c2)OC[C@@H](COC)O3)c2cc(NC(=O)C3CC3)ncc12. The topological polar surface area (TPSA) is 94.6 Å². The van der Waals surface area contributed by atoms with Crippen LogP contribution in [0.4, 0.5) is 11.6 Å². The van der Waals surface area contributed by atoms with E-state index < -0.39 is 0 Å². The normalized spacial score (nSPS) is 17.3. The molecule has 2 aromatic heterocycles. The number of nitrogens with zero attached hydrogens (tertiary/aromatic N) is 2. The number of fused-ring (bicyclic) bond motifs is 2. The largest absolute Gasteiger partial charge is 0.486 e. The molecule has 1 aliphatic carbocycles. The molecule has 1 amide bonds. The van der Waals surface area contributed by atoms with Gasteiger partial charge in [-0.05, 0) is 42.0 Å². The van der Waals surface area contributed by atoms with Gasteiger partial charge < -0.3 is 24.8 Å². The summed E-state index contributed by atoms with van der Waals surface area (Å²) in [6, 6.07) is 7.74. The van der Waals surface area contributed by atoms with Crippen LogP contribution in [0.15, 0.2) is 36.7 Å². The number of anilines is 2. The number of methoxy groups -OCH3 is 1. The van der Waals surface area contributed by atoms with E-state index in [1.807, 2.05) is 49.7 Å². The molecule has 2 N–H and O–H groups in total. The summed E-state index contributed by atoms with van der Waals surface area (Å²) in [7, 11) is 3.47. The number of aromatic nitrogens is 2. The Hall–Kier alpha value is -3.65. The van der Waals surface area contributed by atoms with Gasteiger partial charge in [-0.2, -0.15) is 0 Å². The van der Waals surface area contributed by atoms with Gasteiger partial charge in [0.05, 0.1) is 6.61 Å². The fourth-order valence-corrected chi connectivity index (χ4v) is 3.82. The van der Waals surface area contributed by atoms with E-state index in [9.17, 15) is 4.79 Å². The van der Waals surface area contributed by atoms with E-state index in [0.717, 1.165) is 40.6 Å². The van der Waals surface area contributed by atoms with Crippen molar-refractivity contribution in [3.63, 3.8) is 0 Å². The highest BCUT2D eigenvalue weighted by molar-refractivity contribution is 6.01. The zero-order valence-electron chi connectivity index (χ0n) is 18.6. The highest BCUT2D eigenvalue weighted by Gasteiger charge is 2.29. The molecule has 8 nitrogen and oxygen atoms in total. The molecule has 8 heteroatoms. The van der Waals surface area contributed by atoms with Crippen LogP contribution < -0.4 is 20.1 Å². The first-order chi connectivity index (χ1) is 16.1. The quantitative estimate of drug-likeness (QED) is 0.567. The van der Waals surface area contributed by atoms with Gasteiger partial charge in [-0.25, -0.2) is 9.97 Å². The second-order valence-electron chi connectivity index (χ2n) is 8.24. The number of benzene rings is 1. The summed E-state index contributed by atoms with van der Waals surface area (Å²) in [5, 5.41) is 7.87. The van der Waals surface area contributed by atoms with Crippen molar-refractivity contribution in [2.45, 2.75) is 18.9 Å². The van der Waals surface area contributed by atoms with Gasteiger partial charge in [-0.1, -0.05) is 18.2 Å². The van der Waals surface area contributed by atoms with Crippen molar-refractivity contribution < 1.29 is 19.0 Å². The van der Waals surface area contributed by atoms with Crippen LogP contribution >= 0.6 is 0 Å². The molecular weight excluding hydrogens is 420 g/mol. The number of carbonyl (C=O) groups is 1. The monoisotopic (exact) mass is 446 g/mol. The van der Waals surface area contributed by atoms with Gasteiger partial charge in [-0.15, -0.1) is 0 Å². The zero-order valence-corrected chi connectivity index (χ0v) is 18.6. The van der Waals surface area contributed by atoms with Crippen LogP contribution in [0.5, 0.6) is 11.5 Å². The maximum atomic E-state index is 12.2. The summed E-state index contributed by atoms with van der Waals surface area (Å²) >= 11 is 0. The first-order valence-corrected chi connectivity index (χ1v) is 11.0. The molecule has 1 saturated carbocycles. The molecule has 0 spiro atoms. The Morgan fingerprint density at radius 1 is 1.15 bits per heavy atom. The summed E-state index contributed by atoms with van der Waals surface area (Å²) < 4.78 is 16.9. The van der Waals surface area contributed by atoms with Crippen molar-refractivity contribution in [2.24, 2.45) is 5.92 Å².